The van der Waals surface area contributed by atoms with Gasteiger partial charge in [-0.2, -0.15) is 5.26 Å². The fourth-order valence-corrected chi connectivity index (χ4v) is 1.58. The van der Waals surface area contributed by atoms with Gasteiger partial charge in [-0.15, -0.1) is 0 Å². The molecule has 1 aromatic rings. The molecule has 0 aliphatic heterocycles. The second-order valence-electron chi connectivity index (χ2n) is 3.71. The number of carbonyl (C=O) groups is 1. The lowest BCUT2D eigenvalue weighted by molar-refractivity contribution is -0.113. The zero-order chi connectivity index (χ0) is 13.0. The maximum absolute atomic E-state index is 11.3. The van der Waals surface area contributed by atoms with Gasteiger partial charge in [-0.25, -0.2) is 4.98 Å². The van der Waals surface area contributed by atoms with E-state index in [9.17, 15) is 4.79 Å². The van der Waals surface area contributed by atoms with E-state index >= 15 is 0 Å². The van der Waals surface area contributed by atoms with E-state index in [0.29, 0.717) is 11.5 Å². The highest BCUT2D eigenvalue weighted by Crippen LogP contribution is 2.24. The number of ketones is 1. The summed E-state index contributed by atoms with van der Waals surface area (Å²) in [6.07, 6.45) is 1.66. The normalized spacial score (nSPS) is 11.5. The van der Waals surface area contributed by atoms with Gasteiger partial charge in [0.25, 0.3) is 0 Å². The van der Waals surface area contributed by atoms with Gasteiger partial charge in [-0.1, -0.05) is 0 Å². The number of rotatable bonds is 3. The fourth-order valence-electron chi connectivity index (χ4n) is 1.58. The summed E-state index contributed by atoms with van der Waals surface area (Å²) in [4.78, 5) is 15.4. The van der Waals surface area contributed by atoms with Gasteiger partial charge < -0.3 is 4.74 Å². The summed E-state index contributed by atoms with van der Waals surface area (Å²) in [6, 6.07) is 3.66. The molecular weight excluding hydrogens is 216 g/mol. The summed E-state index contributed by atoms with van der Waals surface area (Å²) in [7, 11) is 1.52. The molecule has 0 aromatic carbocycles. The average Bonchev–Trinajstić information content (AvgIpc) is 2.30. The van der Waals surface area contributed by atoms with Crippen LogP contribution in [0.5, 0.6) is 5.88 Å². The van der Waals surface area contributed by atoms with Crippen molar-refractivity contribution in [2.45, 2.75) is 20.8 Å². The van der Waals surface area contributed by atoms with Crippen LogP contribution in [0.2, 0.25) is 0 Å². The Balaban J connectivity index is 3.43. The zero-order valence-corrected chi connectivity index (χ0v) is 10.4. The van der Waals surface area contributed by atoms with E-state index in [2.05, 4.69) is 4.98 Å². The quantitative estimate of drug-likeness (QED) is 0.590. The molecule has 0 atom stereocenters. The molecule has 0 amide bonds. The molecule has 0 saturated heterocycles. The van der Waals surface area contributed by atoms with Gasteiger partial charge in [-0.05, 0) is 37.5 Å². The molecule has 1 heterocycles. The van der Waals surface area contributed by atoms with E-state index in [-0.39, 0.29) is 11.4 Å². The lowest BCUT2D eigenvalue weighted by Gasteiger charge is -2.09. The summed E-state index contributed by atoms with van der Waals surface area (Å²) in [6.45, 7) is 5.01. The lowest BCUT2D eigenvalue weighted by atomic mass is 9.97. The standard InChI is InChI=1S/C13H14N2O2/c1-8-7-15-13(17-4)5-11(8)9(2)12(6-14)10(3)16/h5,7H,1-4H3/b12-9-. The molecule has 0 unspecified atom stereocenters. The van der Waals surface area contributed by atoms with Crippen molar-refractivity contribution in [2.24, 2.45) is 0 Å². The maximum Gasteiger partial charge on any atom is 0.213 e. The van der Waals surface area contributed by atoms with Crippen molar-refractivity contribution in [2.75, 3.05) is 7.11 Å². The molecule has 0 saturated carbocycles. The number of aryl methyl sites for hydroxylation is 1. The van der Waals surface area contributed by atoms with Gasteiger partial charge in [-0.3, -0.25) is 4.79 Å². The number of allylic oxidation sites excluding steroid dienone is 2. The third-order valence-electron chi connectivity index (χ3n) is 2.53. The van der Waals surface area contributed by atoms with Crippen molar-refractivity contribution in [3.8, 4) is 11.9 Å². The third-order valence-corrected chi connectivity index (χ3v) is 2.53. The van der Waals surface area contributed by atoms with Crippen molar-refractivity contribution in [1.82, 2.24) is 4.98 Å². The Morgan fingerprint density at radius 3 is 2.59 bits per heavy atom. The van der Waals surface area contributed by atoms with E-state index < -0.39 is 0 Å². The number of methoxy groups -OCH3 is 1. The number of hydrogen-bond donors (Lipinski definition) is 0. The van der Waals surface area contributed by atoms with Crippen molar-refractivity contribution >= 4 is 11.4 Å². The first-order chi connectivity index (χ1) is 8.01. The summed E-state index contributed by atoms with van der Waals surface area (Å²) in [5.41, 5.74) is 2.53. The van der Waals surface area contributed by atoms with Crippen molar-refractivity contribution in [3.05, 3.63) is 29.0 Å². The number of pyridine rings is 1. The van der Waals surface area contributed by atoms with Gasteiger partial charge in [0, 0.05) is 12.3 Å². The zero-order valence-electron chi connectivity index (χ0n) is 10.4. The van der Waals surface area contributed by atoms with Gasteiger partial charge in [0.1, 0.15) is 6.07 Å². The van der Waals surface area contributed by atoms with Gasteiger partial charge >= 0.3 is 0 Å². The Morgan fingerprint density at radius 1 is 1.47 bits per heavy atom. The van der Waals surface area contributed by atoms with Crippen LogP contribution in [0.4, 0.5) is 0 Å². The van der Waals surface area contributed by atoms with Crippen LogP contribution in [0.1, 0.15) is 25.0 Å². The molecule has 1 rings (SSSR count). The second kappa shape index (κ2) is 5.26. The minimum absolute atomic E-state index is 0.168. The Kier molecular flexibility index (Phi) is 4.00. The first-order valence-electron chi connectivity index (χ1n) is 5.14. The van der Waals surface area contributed by atoms with Crippen LogP contribution in [-0.4, -0.2) is 17.9 Å². The fraction of sp³-hybridized carbons (Fsp3) is 0.308. The SMILES string of the molecule is COc1cc(/C(C)=C(/C#N)C(C)=O)c(C)cn1. The van der Waals surface area contributed by atoms with E-state index in [1.807, 2.05) is 13.0 Å². The molecule has 0 spiro atoms. The van der Waals surface area contributed by atoms with E-state index in [4.69, 9.17) is 10.00 Å². The Labute approximate surface area is 101 Å². The lowest BCUT2D eigenvalue weighted by Crippen LogP contribution is -2.00. The smallest absolute Gasteiger partial charge is 0.213 e. The van der Waals surface area contributed by atoms with Gasteiger partial charge in [0.2, 0.25) is 5.88 Å². The van der Waals surface area contributed by atoms with Crippen LogP contribution in [0.25, 0.3) is 5.57 Å². The highest BCUT2D eigenvalue weighted by atomic mass is 16.5. The molecule has 0 aliphatic carbocycles. The summed E-state index contributed by atoms with van der Waals surface area (Å²) >= 11 is 0. The van der Waals surface area contributed by atoms with Crippen LogP contribution in [-0.2, 0) is 4.79 Å². The third kappa shape index (κ3) is 2.70. The number of nitrogens with zero attached hydrogens (tertiary/aromatic N) is 2. The van der Waals surface area contributed by atoms with E-state index in [1.54, 1.807) is 19.2 Å². The molecule has 4 heteroatoms. The van der Waals surface area contributed by atoms with Crippen molar-refractivity contribution in [1.29, 1.82) is 5.26 Å². The van der Waals surface area contributed by atoms with Crippen LogP contribution >= 0.6 is 0 Å². The second-order valence-corrected chi connectivity index (χ2v) is 3.71. The molecule has 0 N–H and O–H groups in total. The number of ether oxygens (including phenoxy) is 1. The predicted octanol–water partition coefficient (Wildman–Crippen LogP) is 2.28. The maximum atomic E-state index is 11.3. The van der Waals surface area contributed by atoms with Crippen LogP contribution < -0.4 is 4.74 Å². The average molecular weight is 230 g/mol. The highest BCUT2D eigenvalue weighted by molar-refractivity contribution is 6.04. The Hall–Kier alpha value is -2.15. The monoisotopic (exact) mass is 230 g/mol. The van der Waals surface area contributed by atoms with E-state index in [1.165, 1.54) is 14.0 Å². The van der Waals surface area contributed by atoms with Crippen LogP contribution in [0.15, 0.2) is 17.8 Å². The van der Waals surface area contributed by atoms with E-state index in [0.717, 1.165) is 11.1 Å². The first-order valence-corrected chi connectivity index (χ1v) is 5.14. The van der Waals surface area contributed by atoms with Crippen molar-refractivity contribution < 1.29 is 9.53 Å². The predicted molar refractivity (Wildman–Crippen MR) is 64.4 cm³/mol. The Morgan fingerprint density at radius 2 is 2.12 bits per heavy atom. The molecule has 0 radical (unpaired) electrons. The summed E-state index contributed by atoms with van der Waals surface area (Å²) in [5, 5.41) is 8.97. The van der Waals surface area contributed by atoms with Gasteiger partial charge in [0.15, 0.2) is 5.78 Å². The molecule has 0 bridgehead atoms. The van der Waals surface area contributed by atoms with Gasteiger partial charge in [0.05, 0.1) is 12.7 Å². The number of aromatic nitrogens is 1. The number of carbonyl (C=O) groups excluding carboxylic acids is 1. The molecule has 17 heavy (non-hydrogen) atoms. The topological polar surface area (TPSA) is 63.0 Å². The molecule has 0 aliphatic rings. The van der Waals surface area contributed by atoms with Crippen molar-refractivity contribution in [3.63, 3.8) is 0 Å². The molecular formula is C13H14N2O2. The Bertz CT molecular complexity index is 525. The largest absolute Gasteiger partial charge is 0.481 e. The summed E-state index contributed by atoms with van der Waals surface area (Å²) in [5.74, 6) is 0.228. The highest BCUT2D eigenvalue weighted by Gasteiger charge is 2.12. The minimum Gasteiger partial charge on any atom is -0.481 e. The molecule has 0 fully saturated rings. The minimum atomic E-state index is -0.236. The number of hydrogen-bond acceptors (Lipinski definition) is 4. The van der Waals surface area contributed by atoms with Crippen LogP contribution in [0.3, 0.4) is 0 Å². The molecule has 4 nitrogen and oxygen atoms in total. The summed E-state index contributed by atoms with van der Waals surface area (Å²) < 4.78 is 5.03. The number of nitriles is 1. The molecule has 88 valence electrons. The molecule has 1 aromatic heterocycles. The number of Topliss-reactive ketones (excluding diaryl/α,β-unsaturated/α-hetero) is 1. The van der Waals surface area contributed by atoms with Crippen LogP contribution in [0, 0.1) is 18.3 Å². The first kappa shape index (κ1) is 12.9.